The van der Waals surface area contributed by atoms with Gasteiger partial charge in [-0.25, -0.2) is 8.42 Å². The van der Waals surface area contributed by atoms with Gasteiger partial charge in [-0.15, -0.1) is 10.1 Å². The average molecular weight is 400 g/mol. The van der Waals surface area contributed by atoms with Crippen molar-refractivity contribution >= 4 is 9.84 Å². The Kier molecular flexibility index (Phi) is 5.51. The number of aromatic nitrogens is 1. The number of para-hydroxylation sites is 1. The van der Waals surface area contributed by atoms with Gasteiger partial charge in [0.2, 0.25) is 0 Å². The largest absolute Gasteiger partial charge is 0.314 e. The SMILES string of the molecule is Cc1c(CCO[N+](=O)[O-])cc(-c2ccc(S(C)(=O)=O)cc2)n1-c1ccccc1. The fourth-order valence-electron chi connectivity index (χ4n) is 3.14. The van der Waals surface area contributed by atoms with Gasteiger partial charge in [0.05, 0.1) is 10.6 Å². The first-order valence-corrected chi connectivity index (χ1v) is 10.5. The van der Waals surface area contributed by atoms with Crippen LogP contribution in [0.4, 0.5) is 0 Å². The quantitative estimate of drug-likeness (QED) is 0.446. The molecule has 0 saturated heterocycles. The third-order valence-corrected chi connectivity index (χ3v) is 5.64. The number of hydrogen-bond acceptors (Lipinski definition) is 5. The van der Waals surface area contributed by atoms with Crippen LogP contribution in [0, 0.1) is 17.0 Å². The molecular formula is C20H20N2O5S. The topological polar surface area (TPSA) is 91.4 Å². The molecule has 3 aromatic rings. The summed E-state index contributed by atoms with van der Waals surface area (Å²) in [6.45, 7) is 1.92. The van der Waals surface area contributed by atoms with E-state index in [0.717, 1.165) is 28.2 Å². The molecule has 1 heterocycles. The molecule has 0 bridgehead atoms. The van der Waals surface area contributed by atoms with E-state index in [4.69, 9.17) is 0 Å². The van der Waals surface area contributed by atoms with E-state index in [9.17, 15) is 18.5 Å². The van der Waals surface area contributed by atoms with E-state index >= 15 is 0 Å². The van der Waals surface area contributed by atoms with Crippen molar-refractivity contribution in [2.24, 2.45) is 0 Å². The number of sulfone groups is 1. The van der Waals surface area contributed by atoms with Crippen LogP contribution in [0.15, 0.2) is 65.6 Å². The monoisotopic (exact) mass is 400 g/mol. The predicted octanol–water partition coefficient (Wildman–Crippen LogP) is 3.61. The molecule has 0 atom stereocenters. The van der Waals surface area contributed by atoms with Gasteiger partial charge in [-0.2, -0.15) is 0 Å². The smallest absolute Gasteiger partial charge is 0.294 e. The summed E-state index contributed by atoms with van der Waals surface area (Å²) in [6.07, 6.45) is 1.56. The normalized spacial score (nSPS) is 11.4. The van der Waals surface area contributed by atoms with Gasteiger partial charge in [0, 0.05) is 17.6 Å². The highest BCUT2D eigenvalue weighted by Crippen LogP contribution is 2.30. The molecule has 1 aromatic heterocycles. The molecule has 146 valence electrons. The minimum absolute atomic E-state index is 0.0287. The minimum Gasteiger partial charge on any atom is -0.314 e. The van der Waals surface area contributed by atoms with Crippen LogP contribution < -0.4 is 0 Å². The molecule has 0 aliphatic rings. The Balaban J connectivity index is 2.07. The second-order valence-corrected chi connectivity index (χ2v) is 8.43. The number of hydrogen-bond donors (Lipinski definition) is 0. The Morgan fingerprint density at radius 2 is 1.71 bits per heavy atom. The first-order valence-electron chi connectivity index (χ1n) is 8.62. The second kappa shape index (κ2) is 7.85. The van der Waals surface area contributed by atoms with Gasteiger partial charge in [-0.05, 0) is 54.8 Å². The van der Waals surface area contributed by atoms with Gasteiger partial charge in [0.15, 0.2) is 9.84 Å². The number of nitrogens with zero attached hydrogens (tertiary/aromatic N) is 2. The zero-order chi connectivity index (χ0) is 20.3. The molecule has 0 aliphatic carbocycles. The molecule has 0 radical (unpaired) electrons. The third-order valence-electron chi connectivity index (χ3n) is 4.51. The van der Waals surface area contributed by atoms with E-state index < -0.39 is 14.9 Å². The standard InChI is InChI=1S/C20H20N2O5S/c1-15-17(12-13-27-22(23)24)14-20(21(15)18-6-4-3-5-7-18)16-8-10-19(11-9-16)28(2,25)26/h3-11,14H,12-13H2,1-2H3. The average Bonchev–Trinajstić information content (AvgIpc) is 2.98. The van der Waals surface area contributed by atoms with Gasteiger partial charge in [0.1, 0.15) is 6.61 Å². The lowest BCUT2D eigenvalue weighted by molar-refractivity contribution is -0.757. The highest BCUT2D eigenvalue weighted by molar-refractivity contribution is 7.90. The summed E-state index contributed by atoms with van der Waals surface area (Å²) in [5, 5.41) is 9.63. The molecule has 28 heavy (non-hydrogen) atoms. The number of benzene rings is 2. The van der Waals surface area contributed by atoms with Crippen molar-refractivity contribution in [2.45, 2.75) is 18.2 Å². The summed E-state index contributed by atoms with van der Waals surface area (Å²) in [5.74, 6) is 0. The van der Waals surface area contributed by atoms with Crippen molar-refractivity contribution in [1.29, 1.82) is 0 Å². The zero-order valence-corrected chi connectivity index (χ0v) is 16.3. The maximum atomic E-state index is 11.7. The Morgan fingerprint density at radius 3 is 2.29 bits per heavy atom. The lowest BCUT2D eigenvalue weighted by atomic mass is 10.1. The summed E-state index contributed by atoms with van der Waals surface area (Å²) in [4.78, 5) is 15.1. The molecule has 3 rings (SSSR count). The Bertz CT molecular complexity index is 1090. The summed E-state index contributed by atoms with van der Waals surface area (Å²) in [5.41, 5.74) is 4.54. The van der Waals surface area contributed by atoms with Crippen LogP contribution in [0.1, 0.15) is 11.3 Å². The van der Waals surface area contributed by atoms with Gasteiger partial charge in [-0.3, -0.25) is 0 Å². The molecule has 0 aliphatic heterocycles. The molecule has 0 unspecified atom stereocenters. The van der Waals surface area contributed by atoms with E-state index in [-0.39, 0.29) is 11.5 Å². The second-order valence-electron chi connectivity index (χ2n) is 6.41. The molecule has 0 fully saturated rings. The summed E-state index contributed by atoms with van der Waals surface area (Å²) in [6, 6.07) is 18.4. The van der Waals surface area contributed by atoms with Crippen LogP contribution in [0.3, 0.4) is 0 Å². The number of rotatable bonds is 7. The molecule has 0 saturated carbocycles. The van der Waals surface area contributed by atoms with E-state index in [1.54, 1.807) is 24.3 Å². The Labute approximate surface area is 163 Å². The molecule has 7 nitrogen and oxygen atoms in total. The van der Waals surface area contributed by atoms with Crippen LogP contribution in [0.25, 0.3) is 16.9 Å². The van der Waals surface area contributed by atoms with Crippen molar-refractivity contribution in [3.63, 3.8) is 0 Å². The lowest BCUT2D eigenvalue weighted by Gasteiger charge is -2.13. The van der Waals surface area contributed by atoms with E-state index in [1.165, 1.54) is 6.26 Å². The molecule has 0 spiro atoms. The van der Waals surface area contributed by atoms with Crippen molar-refractivity contribution < 1.29 is 18.3 Å². The lowest BCUT2D eigenvalue weighted by Crippen LogP contribution is -2.05. The van der Waals surface area contributed by atoms with Crippen LogP contribution in [0.2, 0.25) is 0 Å². The highest BCUT2D eigenvalue weighted by atomic mass is 32.2. The van der Waals surface area contributed by atoms with E-state index in [0.29, 0.717) is 6.42 Å². The Morgan fingerprint density at radius 1 is 1.07 bits per heavy atom. The molecular weight excluding hydrogens is 380 g/mol. The minimum atomic E-state index is -3.27. The molecule has 0 amide bonds. The first kappa shape index (κ1) is 19.6. The van der Waals surface area contributed by atoms with Crippen LogP contribution >= 0.6 is 0 Å². The van der Waals surface area contributed by atoms with Crippen molar-refractivity contribution in [1.82, 2.24) is 4.57 Å². The van der Waals surface area contributed by atoms with Crippen molar-refractivity contribution in [3.05, 3.63) is 82.0 Å². The fourth-order valence-corrected chi connectivity index (χ4v) is 3.77. The van der Waals surface area contributed by atoms with E-state index in [2.05, 4.69) is 9.40 Å². The predicted molar refractivity (Wildman–Crippen MR) is 106 cm³/mol. The van der Waals surface area contributed by atoms with Gasteiger partial charge in [0.25, 0.3) is 5.09 Å². The zero-order valence-electron chi connectivity index (χ0n) is 15.5. The maximum Gasteiger partial charge on any atom is 0.294 e. The molecule has 8 heteroatoms. The molecule has 2 aromatic carbocycles. The molecule has 0 N–H and O–H groups in total. The van der Waals surface area contributed by atoms with Gasteiger partial charge >= 0.3 is 0 Å². The van der Waals surface area contributed by atoms with Crippen molar-refractivity contribution in [2.75, 3.05) is 12.9 Å². The van der Waals surface area contributed by atoms with Crippen LogP contribution in [-0.4, -0.2) is 30.9 Å². The summed E-state index contributed by atoms with van der Waals surface area (Å²) < 4.78 is 25.5. The fraction of sp³-hybridized carbons (Fsp3) is 0.200. The van der Waals surface area contributed by atoms with Gasteiger partial charge in [-0.1, -0.05) is 30.3 Å². The van der Waals surface area contributed by atoms with Crippen LogP contribution in [0.5, 0.6) is 0 Å². The third kappa shape index (κ3) is 4.23. The van der Waals surface area contributed by atoms with Crippen LogP contribution in [-0.2, 0) is 21.1 Å². The van der Waals surface area contributed by atoms with Gasteiger partial charge < -0.3 is 9.40 Å². The summed E-state index contributed by atoms with van der Waals surface area (Å²) in [7, 11) is -3.27. The van der Waals surface area contributed by atoms with E-state index in [1.807, 2.05) is 43.3 Å². The summed E-state index contributed by atoms with van der Waals surface area (Å²) >= 11 is 0. The maximum absolute atomic E-state index is 11.7. The Hall–Kier alpha value is -3.13. The first-order chi connectivity index (χ1) is 13.3. The highest BCUT2D eigenvalue weighted by Gasteiger charge is 2.16. The van der Waals surface area contributed by atoms with Crippen molar-refractivity contribution in [3.8, 4) is 16.9 Å².